The molecule has 0 unspecified atom stereocenters. The molecule has 146 valence electrons. The lowest BCUT2D eigenvalue weighted by Crippen LogP contribution is -2.54. The second-order valence-electron chi connectivity index (χ2n) is 7.97. The SMILES string of the molecule is C=C(C)[C@H](O)[C@@H](C)[C@H]1OC(C)(C)O[C@@H](CCOCc2ccccc2)[C@@H]1C. The van der Waals surface area contributed by atoms with Crippen LogP contribution in [-0.2, 0) is 20.8 Å². The fourth-order valence-electron chi connectivity index (χ4n) is 3.65. The number of rotatable bonds is 8. The Morgan fingerprint density at radius 3 is 2.54 bits per heavy atom. The van der Waals surface area contributed by atoms with Crippen LogP contribution in [0.5, 0.6) is 0 Å². The second kappa shape index (κ2) is 9.14. The quantitative estimate of drug-likeness (QED) is 0.553. The lowest BCUT2D eigenvalue weighted by Gasteiger charge is -2.47. The lowest BCUT2D eigenvalue weighted by atomic mass is 9.82. The fourth-order valence-corrected chi connectivity index (χ4v) is 3.65. The van der Waals surface area contributed by atoms with E-state index in [9.17, 15) is 5.11 Å². The van der Waals surface area contributed by atoms with E-state index in [0.717, 1.165) is 12.0 Å². The molecule has 26 heavy (non-hydrogen) atoms. The minimum atomic E-state index is -0.676. The van der Waals surface area contributed by atoms with Crippen molar-refractivity contribution in [2.45, 2.75) is 71.7 Å². The molecule has 0 aromatic heterocycles. The van der Waals surface area contributed by atoms with Crippen LogP contribution < -0.4 is 0 Å². The standard InChI is InChI=1S/C22H34O4/c1-15(2)20(23)17(4)21-16(3)19(25-22(5,6)26-21)12-13-24-14-18-10-8-7-9-11-18/h7-11,16-17,19-21,23H,1,12-14H2,2-6H3/t16-,17+,19-,20-,21-/m0/s1. The van der Waals surface area contributed by atoms with Crippen LogP contribution in [0.4, 0.5) is 0 Å². The van der Waals surface area contributed by atoms with Gasteiger partial charge in [-0.1, -0.05) is 56.3 Å². The highest BCUT2D eigenvalue weighted by Crippen LogP contribution is 2.37. The van der Waals surface area contributed by atoms with E-state index in [1.165, 1.54) is 5.56 Å². The van der Waals surface area contributed by atoms with Gasteiger partial charge in [0.1, 0.15) is 0 Å². The minimum absolute atomic E-state index is 0.0271. The molecule has 0 amide bonds. The van der Waals surface area contributed by atoms with Crippen molar-refractivity contribution in [3.63, 3.8) is 0 Å². The molecule has 5 atom stereocenters. The molecule has 0 bridgehead atoms. The number of hydrogen-bond acceptors (Lipinski definition) is 4. The molecule has 4 heteroatoms. The second-order valence-corrected chi connectivity index (χ2v) is 7.97. The zero-order chi connectivity index (χ0) is 19.3. The molecule has 1 heterocycles. The zero-order valence-electron chi connectivity index (χ0n) is 16.8. The Labute approximate surface area is 158 Å². The zero-order valence-corrected chi connectivity index (χ0v) is 16.8. The van der Waals surface area contributed by atoms with Crippen LogP contribution in [0, 0.1) is 11.8 Å². The first-order valence-corrected chi connectivity index (χ1v) is 9.52. The van der Waals surface area contributed by atoms with Gasteiger partial charge in [-0.3, -0.25) is 0 Å². The van der Waals surface area contributed by atoms with Crippen LogP contribution in [0.3, 0.4) is 0 Å². The van der Waals surface area contributed by atoms with Gasteiger partial charge >= 0.3 is 0 Å². The van der Waals surface area contributed by atoms with Crippen molar-refractivity contribution >= 4 is 0 Å². The van der Waals surface area contributed by atoms with Gasteiger partial charge in [-0.2, -0.15) is 0 Å². The van der Waals surface area contributed by atoms with Gasteiger partial charge in [-0.15, -0.1) is 0 Å². The molecule has 1 fully saturated rings. The Kier molecular flexibility index (Phi) is 7.42. The first-order chi connectivity index (χ1) is 12.2. The lowest BCUT2D eigenvalue weighted by molar-refractivity contribution is -0.331. The molecule has 0 aliphatic carbocycles. The van der Waals surface area contributed by atoms with Crippen LogP contribution >= 0.6 is 0 Å². The normalized spacial score (nSPS) is 27.7. The van der Waals surface area contributed by atoms with Crippen LogP contribution in [0.25, 0.3) is 0 Å². The van der Waals surface area contributed by atoms with Crippen LogP contribution in [0.1, 0.15) is 46.6 Å². The summed E-state index contributed by atoms with van der Waals surface area (Å²) in [5.41, 5.74) is 1.94. The van der Waals surface area contributed by atoms with E-state index in [1.54, 1.807) is 0 Å². The molecule has 1 N–H and O–H groups in total. The number of aliphatic hydroxyl groups excluding tert-OH is 1. The Bertz CT molecular complexity index is 569. The number of aliphatic hydroxyl groups is 1. The molecule has 0 saturated carbocycles. The van der Waals surface area contributed by atoms with Crippen LogP contribution in [0.2, 0.25) is 0 Å². The van der Waals surface area contributed by atoms with Gasteiger partial charge in [-0.25, -0.2) is 0 Å². The van der Waals surface area contributed by atoms with Crippen molar-refractivity contribution in [3.05, 3.63) is 48.0 Å². The van der Waals surface area contributed by atoms with E-state index in [1.807, 2.05) is 45.9 Å². The Morgan fingerprint density at radius 2 is 1.92 bits per heavy atom. The van der Waals surface area contributed by atoms with E-state index >= 15 is 0 Å². The van der Waals surface area contributed by atoms with Crippen molar-refractivity contribution < 1.29 is 19.3 Å². The first-order valence-electron chi connectivity index (χ1n) is 9.52. The van der Waals surface area contributed by atoms with Crippen molar-refractivity contribution in [2.75, 3.05) is 6.61 Å². The highest BCUT2D eigenvalue weighted by molar-refractivity contribution is 5.13. The van der Waals surface area contributed by atoms with E-state index in [0.29, 0.717) is 13.2 Å². The van der Waals surface area contributed by atoms with Crippen molar-refractivity contribution in [3.8, 4) is 0 Å². The maximum atomic E-state index is 10.4. The van der Waals surface area contributed by atoms with Crippen molar-refractivity contribution in [2.24, 2.45) is 11.8 Å². The Balaban J connectivity index is 1.93. The van der Waals surface area contributed by atoms with Crippen molar-refractivity contribution in [1.29, 1.82) is 0 Å². The summed E-state index contributed by atoms with van der Waals surface area (Å²) in [5, 5.41) is 10.4. The van der Waals surface area contributed by atoms with Gasteiger partial charge in [0.15, 0.2) is 5.79 Å². The molecular formula is C22H34O4. The molecule has 1 aliphatic rings. The summed E-state index contributed by atoms with van der Waals surface area (Å²) in [4.78, 5) is 0. The van der Waals surface area contributed by atoms with E-state index in [4.69, 9.17) is 14.2 Å². The van der Waals surface area contributed by atoms with E-state index < -0.39 is 11.9 Å². The largest absolute Gasteiger partial charge is 0.388 e. The van der Waals surface area contributed by atoms with E-state index in [2.05, 4.69) is 25.6 Å². The van der Waals surface area contributed by atoms with Gasteiger partial charge in [-0.05, 0) is 32.8 Å². The highest BCUT2D eigenvalue weighted by Gasteiger charge is 2.44. The molecule has 1 saturated heterocycles. The molecule has 0 radical (unpaired) electrons. The molecule has 1 aromatic carbocycles. The van der Waals surface area contributed by atoms with Crippen LogP contribution in [0.15, 0.2) is 42.5 Å². The molecule has 1 aliphatic heterocycles. The van der Waals surface area contributed by atoms with Gasteiger partial charge in [0.2, 0.25) is 0 Å². The minimum Gasteiger partial charge on any atom is -0.388 e. The average Bonchev–Trinajstić information content (AvgIpc) is 2.60. The predicted molar refractivity (Wildman–Crippen MR) is 104 cm³/mol. The molecule has 0 spiro atoms. The summed E-state index contributed by atoms with van der Waals surface area (Å²) in [7, 11) is 0. The molecule has 1 aromatic rings. The Hall–Kier alpha value is -1.20. The summed E-state index contributed by atoms with van der Waals surface area (Å²) in [6, 6.07) is 10.2. The van der Waals surface area contributed by atoms with Gasteiger partial charge in [0.25, 0.3) is 0 Å². The molecular weight excluding hydrogens is 328 g/mol. The van der Waals surface area contributed by atoms with Crippen molar-refractivity contribution in [1.82, 2.24) is 0 Å². The summed E-state index contributed by atoms with van der Waals surface area (Å²) in [6.45, 7) is 15.0. The fraction of sp³-hybridized carbons (Fsp3) is 0.636. The first kappa shape index (κ1) is 21.1. The number of ether oxygens (including phenoxy) is 3. The third-order valence-electron chi connectivity index (χ3n) is 5.14. The van der Waals surface area contributed by atoms with Gasteiger partial charge in [0, 0.05) is 18.4 Å². The molecule has 2 rings (SSSR count). The monoisotopic (exact) mass is 362 g/mol. The average molecular weight is 363 g/mol. The summed E-state index contributed by atoms with van der Waals surface area (Å²) in [5.74, 6) is -0.560. The number of benzene rings is 1. The molecule has 4 nitrogen and oxygen atoms in total. The maximum absolute atomic E-state index is 10.4. The van der Waals surface area contributed by atoms with Gasteiger partial charge in [0.05, 0.1) is 24.9 Å². The predicted octanol–water partition coefficient (Wildman–Crippen LogP) is 4.32. The van der Waals surface area contributed by atoms with Crippen LogP contribution in [-0.4, -0.2) is 35.8 Å². The smallest absolute Gasteiger partial charge is 0.163 e. The van der Waals surface area contributed by atoms with E-state index in [-0.39, 0.29) is 24.0 Å². The highest BCUT2D eigenvalue weighted by atomic mass is 16.7. The topological polar surface area (TPSA) is 47.9 Å². The third kappa shape index (κ3) is 5.65. The third-order valence-corrected chi connectivity index (χ3v) is 5.14. The Morgan fingerprint density at radius 1 is 1.27 bits per heavy atom. The summed E-state index contributed by atoms with van der Waals surface area (Å²) >= 11 is 0. The summed E-state index contributed by atoms with van der Waals surface area (Å²) in [6.07, 6.45) is 0.155. The maximum Gasteiger partial charge on any atom is 0.163 e. The van der Waals surface area contributed by atoms with Gasteiger partial charge < -0.3 is 19.3 Å². The number of hydrogen-bond donors (Lipinski definition) is 1. The summed E-state index contributed by atoms with van der Waals surface area (Å²) < 4.78 is 18.1.